The Morgan fingerprint density at radius 3 is 2.85 bits per heavy atom. The van der Waals surface area contributed by atoms with Gasteiger partial charge < -0.3 is 4.52 Å². The average molecular weight is 185 g/mol. The van der Waals surface area contributed by atoms with Crippen molar-refractivity contribution in [2.45, 2.75) is 25.6 Å². The molecule has 0 saturated carbocycles. The van der Waals surface area contributed by atoms with E-state index >= 15 is 0 Å². The smallest absolute Gasteiger partial charge is 0.244 e. The Morgan fingerprint density at radius 2 is 2.38 bits per heavy atom. The molecule has 2 atom stereocenters. The summed E-state index contributed by atoms with van der Waals surface area (Å²) in [5.41, 5.74) is 0. The van der Waals surface area contributed by atoms with Gasteiger partial charge in [0.05, 0.1) is 6.04 Å². The van der Waals surface area contributed by atoms with Gasteiger partial charge in [0.15, 0.2) is 5.82 Å². The second-order valence-corrected chi connectivity index (χ2v) is 3.47. The minimum Gasteiger partial charge on any atom is -0.338 e. The first-order valence-electron chi connectivity index (χ1n) is 4.31. The molecule has 2 rings (SSSR count). The van der Waals surface area contributed by atoms with E-state index in [2.05, 4.69) is 10.1 Å². The summed E-state index contributed by atoms with van der Waals surface area (Å²) in [6, 6.07) is -0.0452. The van der Waals surface area contributed by atoms with E-state index in [0.717, 1.165) is 0 Å². The molecule has 0 bridgehead atoms. The zero-order valence-electron chi connectivity index (χ0n) is 7.70. The van der Waals surface area contributed by atoms with Crippen LogP contribution in [0, 0.1) is 6.92 Å². The van der Waals surface area contributed by atoms with Crippen LogP contribution >= 0.6 is 0 Å². The predicted octanol–water partition coefficient (Wildman–Crippen LogP) is 1.09. The van der Waals surface area contributed by atoms with Crippen molar-refractivity contribution in [1.29, 1.82) is 0 Å². The number of hydrogen-bond donors (Lipinski definition) is 0. The van der Waals surface area contributed by atoms with Gasteiger partial charge in [0.1, 0.15) is 6.17 Å². The van der Waals surface area contributed by atoms with Crippen molar-refractivity contribution in [3.63, 3.8) is 0 Å². The van der Waals surface area contributed by atoms with Crippen LogP contribution in [-0.2, 0) is 0 Å². The van der Waals surface area contributed by atoms with Gasteiger partial charge in [0.25, 0.3) is 0 Å². The standard InChI is InChI=1S/C8H12FN3O/c1-5-10-8(13-11-5)7-3-6(9)4-12(7)2/h6-7H,3-4H2,1-2H3/t6-,7+/m0/s1. The van der Waals surface area contributed by atoms with Crippen molar-refractivity contribution in [3.05, 3.63) is 11.7 Å². The molecular formula is C8H12FN3O. The van der Waals surface area contributed by atoms with E-state index < -0.39 is 6.17 Å². The van der Waals surface area contributed by atoms with Crippen LogP contribution in [0.4, 0.5) is 4.39 Å². The van der Waals surface area contributed by atoms with Gasteiger partial charge in [-0.15, -0.1) is 0 Å². The Hall–Kier alpha value is -0.970. The lowest BCUT2D eigenvalue weighted by Crippen LogP contribution is -2.18. The number of nitrogens with zero attached hydrogens (tertiary/aromatic N) is 3. The normalized spacial score (nSPS) is 29.8. The molecule has 0 aromatic carbocycles. The van der Waals surface area contributed by atoms with Crippen LogP contribution in [0.25, 0.3) is 0 Å². The molecular weight excluding hydrogens is 173 g/mol. The monoisotopic (exact) mass is 185 g/mol. The quantitative estimate of drug-likeness (QED) is 0.656. The fourth-order valence-corrected chi connectivity index (χ4v) is 1.67. The predicted molar refractivity (Wildman–Crippen MR) is 43.9 cm³/mol. The highest BCUT2D eigenvalue weighted by Gasteiger charge is 2.34. The van der Waals surface area contributed by atoms with E-state index in [4.69, 9.17) is 4.52 Å². The largest absolute Gasteiger partial charge is 0.338 e. The van der Waals surface area contributed by atoms with Crippen LogP contribution in [0.3, 0.4) is 0 Å². The number of alkyl halides is 1. The van der Waals surface area contributed by atoms with Crippen molar-refractivity contribution in [2.75, 3.05) is 13.6 Å². The number of aryl methyl sites for hydroxylation is 1. The number of halogens is 1. The number of rotatable bonds is 1. The SMILES string of the molecule is Cc1noc([C@H]2C[C@H](F)CN2C)n1. The van der Waals surface area contributed by atoms with Crippen molar-refractivity contribution in [3.8, 4) is 0 Å². The number of likely N-dealkylation sites (tertiary alicyclic amines) is 1. The maximum absolute atomic E-state index is 13.0. The molecule has 13 heavy (non-hydrogen) atoms. The summed E-state index contributed by atoms with van der Waals surface area (Å²) in [5, 5.41) is 3.69. The van der Waals surface area contributed by atoms with Crippen LogP contribution in [-0.4, -0.2) is 34.8 Å². The Kier molecular flexibility index (Phi) is 2.03. The van der Waals surface area contributed by atoms with Crippen LogP contribution in [0.1, 0.15) is 24.2 Å². The summed E-state index contributed by atoms with van der Waals surface area (Å²) in [4.78, 5) is 5.99. The van der Waals surface area contributed by atoms with Crippen molar-refractivity contribution in [1.82, 2.24) is 15.0 Å². The maximum atomic E-state index is 13.0. The Labute approximate surface area is 75.7 Å². The molecule has 72 valence electrons. The summed E-state index contributed by atoms with van der Waals surface area (Å²) in [7, 11) is 1.86. The zero-order chi connectivity index (χ0) is 9.42. The topological polar surface area (TPSA) is 42.2 Å². The molecule has 1 fully saturated rings. The van der Waals surface area contributed by atoms with Crippen LogP contribution < -0.4 is 0 Å². The van der Waals surface area contributed by atoms with Crippen molar-refractivity contribution in [2.24, 2.45) is 0 Å². The molecule has 1 aromatic heterocycles. The lowest BCUT2D eigenvalue weighted by molar-refractivity contribution is 0.243. The van der Waals surface area contributed by atoms with E-state index in [9.17, 15) is 4.39 Å². The molecule has 0 spiro atoms. The fourth-order valence-electron chi connectivity index (χ4n) is 1.67. The molecule has 4 nitrogen and oxygen atoms in total. The second-order valence-electron chi connectivity index (χ2n) is 3.47. The van der Waals surface area contributed by atoms with E-state index in [0.29, 0.717) is 24.7 Å². The lowest BCUT2D eigenvalue weighted by atomic mass is 10.2. The van der Waals surface area contributed by atoms with Crippen molar-refractivity contribution >= 4 is 0 Å². The molecule has 5 heteroatoms. The van der Waals surface area contributed by atoms with Gasteiger partial charge in [0.2, 0.25) is 5.89 Å². The summed E-state index contributed by atoms with van der Waals surface area (Å²) in [5.74, 6) is 1.13. The molecule has 1 aliphatic rings. The van der Waals surface area contributed by atoms with E-state index in [1.54, 1.807) is 6.92 Å². The molecule has 0 aliphatic carbocycles. The highest BCUT2D eigenvalue weighted by atomic mass is 19.1. The van der Waals surface area contributed by atoms with E-state index in [1.165, 1.54) is 0 Å². The zero-order valence-corrected chi connectivity index (χ0v) is 7.70. The van der Waals surface area contributed by atoms with E-state index in [-0.39, 0.29) is 6.04 Å². The Bertz CT molecular complexity index is 301. The third kappa shape index (κ3) is 1.56. The Morgan fingerprint density at radius 1 is 1.62 bits per heavy atom. The molecule has 1 saturated heterocycles. The molecule has 0 radical (unpaired) electrons. The number of hydrogen-bond acceptors (Lipinski definition) is 4. The first-order chi connectivity index (χ1) is 6.16. The highest BCUT2D eigenvalue weighted by Crippen LogP contribution is 2.30. The van der Waals surface area contributed by atoms with Crippen LogP contribution in [0.5, 0.6) is 0 Å². The summed E-state index contributed by atoms with van der Waals surface area (Å²) >= 11 is 0. The highest BCUT2D eigenvalue weighted by molar-refractivity contribution is 4.97. The van der Waals surface area contributed by atoms with Gasteiger partial charge in [-0.25, -0.2) is 4.39 Å². The summed E-state index contributed by atoms with van der Waals surface area (Å²) < 4.78 is 18.0. The van der Waals surface area contributed by atoms with Gasteiger partial charge in [-0.1, -0.05) is 5.16 Å². The molecule has 1 aromatic rings. The summed E-state index contributed by atoms with van der Waals surface area (Å²) in [6.07, 6.45) is -0.319. The molecule has 0 unspecified atom stereocenters. The van der Waals surface area contributed by atoms with Gasteiger partial charge >= 0.3 is 0 Å². The van der Waals surface area contributed by atoms with Crippen LogP contribution in [0.2, 0.25) is 0 Å². The molecule has 0 amide bonds. The minimum absolute atomic E-state index is 0.0452. The minimum atomic E-state index is -0.776. The lowest BCUT2D eigenvalue weighted by Gasteiger charge is -2.13. The second kappa shape index (κ2) is 3.06. The third-order valence-electron chi connectivity index (χ3n) is 2.33. The van der Waals surface area contributed by atoms with Crippen molar-refractivity contribution < 1.29 is 8.91 Å². The van der Waals surface area contributed by atoms with Crippen LogP contribution in [0.15, 0.2) is 4.52 Å². The third-order valence-corrected chi connectivity index (χ3v) is 2.33. The van der Waals surface area contributed by atoms with Gasteiger partial charge in [-0.2, -0.15) is 4.98 Å². The molecule has 1 aliphatic heterocycles. The van der Waals surface area contributed by atoms with Gasteiger partial charge in [-0.3, -0.25) is 4.90 Å². The van der Waals surface area contributed by atoms with Gasteiger partial charge in [0, 0.05) is 13.0 Å². The Balaban J connectivity index is 2.17. The van der Waals surface area contributed by atoms with Gasteiger partial charge in [-0.05, 0) is 14.0 Å². The fraction of sp³-hybridized carbons (Fsp3) is 0.750. The van der Waals surface area contributed by atoms with E-state index in [1.807, 2.05) is 11.9 Å². The summed E-state index contributed by atoms with van der Waals surface area (Å²) in [6.45, 7) is 2.21. The molecule has 0 N–H and O–H groups in total. The maximum Gasteiger partial charge on any atom is 0.244 e. The first kappa shape index (κ1) is 8.62. The number of aromatic nitrogens is 2. The molecule has 2 heterocycles. The first-order valence-corrected chi connectivity index (χ1v) is 4.31. The average Bonchev–Trinajstić information content (AvgIpc) is 2.58.